The van der Waals surface area contributed by atoms with E-state index in [4.69, 9.17) is 4.74 Å². The summed E-state index contributed by atoms with van der Waals surface area (Å²) in [7, 11) is 0. The number of aromatic nitrogens is 2. The van der Waals surface area contributed by atoms with Crippen LogP contribution in [0.5, 0.6) is 5.75 Å². The van der Waals surface area contributed by atoms with Crippen LogP contribution in [0, 0.1) is 13.8 Å². The summed E-state index contributed by atoms with van der Waals surface area (Å²) in [5, 5.41) is 0.607. The second-order valence-corrected chi connectivity index (χ2v) is 6.91. The topological polar surface area (TPSA) is 55.0 Å². The second kappa shape index (κ2) is 8.03. The molecule has 0 radical (unpaired) electrons. The third-order valence-corrected chi connectivity index (χ3v) is 4.41. The fourth-order valence-electron chi connectivity index (χ4n) is 2.57. The van der Waals surface area contributed by atoms with E-state index in [1.54, 1.807) is 0 Å². The van der Waals surface area contributed by atoms with Gasteiger partial charge in [-0.3, -0.25) is 4.79 Å². The van der Waals surface area contributed by atoms with Gasteiger partial charge in [-0.25, -0.2) is 4.98 Å². The minimum Gasteiger partial charge on any atom is -0.493 e. The van der Waals surface area contributed by atoms with E-state index in [1.807, 2.05) is 42.5 Å². The van der Waals surface area contributed by atoms with Crippen LogP contribution in [-0.2, 0) is 0 Å². The number of nitrogens with zero attached hydrogens (tertiary/aromatic N) is 1. The highest BCUT2D eigenvalue weighted by Gasteiger charge is 2.05. The molecule has 1 aromatic heterocycles. The molecule has 0 aliphatic rings. The van der Waals surface area contributed by atoms with E-state index >= 15 is 0 Å². The molecule has 0 saturated heterocycles. The molecule has 4 nitrogen and oxygen atoms in total. The number of benzene rings is 2. The summed E-state index contributed by atoms with van der Waals surface area (Å²) in [5.41, 5.74) is 3.84. The molecule has 0 bridgehead atoms. The van der Waals surface area contributed by atoms with Gasteiger partial charge in [-0.05, 0) is 37.1 Å². The summed E-state index contributed by atoms with van der Waals surface area (Å²) in [6.45, 7) is 4.66. The summed E-state index contributed by atoms with van der Waals surface area (Å²) >= 11 is 1.48. The van der Waals surface area contributed by atoms with Crippen molar-refractivity contribution >= 4 is 11.8 Å². The monoisotopic (exact) mass is 352 g/mol. The van der Waals surface area contributed by atoms with Crippen LogP contribution in [0.2, 0.25) is 0 Å². The van der Waals surface area contributed by atoms with Gasteiger partial charge in [-0.1, -0.05) is 48.2 Å². The zero-order valence-electron chi connectivity index (χ0n) is 14.3. The van der Waals surface area contributed by atoms with Gasteiger partial charge >= 0.3 is 0 Å². The number of H-pyrrole nitrogens is 1. The van der Waals surface area contributed by atoms with Gasteiger partial charge in [0.15, 0.2) is 5.16 Å². The molecule has 3 rings (SSSR count). The van der Waals surface area contributed by atoms with Crippen molar-refractivity contribution in [2.75, 3.05) is 12.4 Å². The fraction of sp³-hybridized carbons (Fsp3) is 0.200. The molecule has 0 aliphatic heterocycles. The molecule has 0 atom stereocenters. The number of thioether (sulfide) groups is 1. The molecule has 0 fully saturated rings. The molecule has 1 N–H and O–H groups in total. The molecule has 0 amide bonds. The Hall–Kier alpha value is -2.53. The molecular weight excluding hydrogens is 332 g/mol. The molecule has 25 heavy (non-hydrogen) atoms. The zero-order chi connectivity index (χ0) is 17.6. The molecule has 0 aliphatic carbocycles. The summed E-state index contributed by atoms with van der Waals surface area (Å²) in [6.07, 6.45) is 0. The van der Waals surface area contributed by atoms with Gasteiger partial charge in [0.05, 0.1) is 12.3 Å². The van der Waals surface area contributed by atoms with Gasteiger partial charge in [0.25, 0.3) is 5.56 Å². The van der Waals surface area contributed by atoms with E-state index in [2.05, 4.69) is 29.9 Å². The van der Waals surface area contributed by atoms with Gasteiger partial charge < -0.3 is 9.72 Å². The first kappa shape index (κ1) is 17.3. The van der Waals surface area contributed by atoms with Crippen LogP contribution in [0.25, 0.3) is 11.3 Å². The maximum Gasteiger partial charge on any atom is 0.252 e. The van der Waals surface area contributed by atoms with Crippen LogP contribution in [0.1, 0.15) is 11.1 Å². The van der Waals surface area contributed by atoms with Crippen molar-refractivity contribution in [3.8, 4) is 17.0 Å². The van der Waals surface area contributed by atoms with E-state index < -0.39 is 0 Å². The van der Waals surface area contributed by atoms with Crippen LogP contribution in [0.4, 0.5) is 0 Å². The van der Waals surface area contributed by atoms with Crippen molar-refractivity contribution in [2.24, 2.45) is 0 Å². The number of hydrogen-bond acceptors (Lipinski definition) is 4. The molecule has 128 valence electrons. The van der Waals surface area contributed by atoms with Gasteiger partial charge in [0.2, 0.25) is 0 Å². The Morgan fingerprint density at radius 2 is 1.76 bits per heavy atom. The van der Waals surface area contributed by atoms with E-state index in [0.717, 1.165) is 11.3 Å². The summed E-state index contributed by atoms with van der Waals surface area (Å²) in [4.78, 5) is 19.2. The molecule has 0 saturated carbocycles. The smallest absolute Gasteiger partial charge is 0.252 e. The van der Waals surface area contributed by atoms with Gasteiger partial charge in [-0.15, -0.1) is 0 Å². The first-order valence-electron chi connectivity index (χ1n) is 8.11. The van der Waals surface area contributed by atoms with Crippen LogP contribution in [0.15, 0.2) is 64.5 Å². The molecular formula is C20H20N2O2S. The van der Waals surface area contributed by atoms with E-state index in [0.29, 0.717) is 23.2 Å². The SMILES string of the molecule is Cc1cc(C)cc(OCCSc2nc(-c3ccccc3)cc(=O)[nH]2)c1. The standard InChI is InChI=1S/C20H20N2O2S/c1-14-10-15(2)12-17(11-14)24-8-9-25-20-21-18(13-19(23)22-20)16-6-4-3-5-7-16/h3-7,10-13H,8-9H2,1-2H3,(H,21,22,23). The molecule has 1 heterocycles. The number of ether oxygens (including phenoxy) is 1. The van der Waals surface area contributed by atoms with Crippen molar-refractivity contribution in [1.29, 1.82) is 0 Å². The van der Waals surface area contributed by atoms with Crippen LogP contribution >= 0.6 is 11.8 Å². The normalized spacial score (nSPS) is 10.6. The molecule has 2 aromatic carbocycles. The quantitative estimate of drug-likeness (QED) is 0.410. The fourth-order valence-corrected chi connectivity index (χ4v) is 3.27. The summed E-state index contributed by atoms with van der Waals surface area (Å²) in [6, 6.07) is 17.4. The molecule has 0 spiro atoms. The number of nitrogens with one attached hydrogen (secondary N) is 1. The van der Waals surface area contributed by atoms with Crippen molar-refractivity contribution in [1.82, 2.24) is 9.97 Å². The molecule has 5 heteroatoms. The lowest BCUT2D eigenvalue weighted by Crippen LogP contribution is -2.09. The minimum absolute atomic E-state index is 0.147. The van der Waals surface area contributed by atoms with Gasteiger partial charge in [-0.2, -0.15) is 0 Å². The largest absolute Gasteiger partial charge is 0.493 e. The predicted octanol–water partition coefficient (Wildman–Crippen LogP) is 4.22. The van der Waals surface area contributed by atoms with Gasteiger partial charge in [0, 0.05) is 17.4 Å². The Bertz CT molecular complexity index is 887. The van der Waals surface area contributed by atoms with Crippen LogP contribution in [0.3, 0.4) is 0 Å². The van der Waals surface area contributed by atoms with Gasteiger partial charge in [0.1, 0.15) is 5.75 Å². The Labute approximate surface area is 151 Å². The number of aromatic amines is 1. The van der Waals surface area contributed by atoms with E-state index in [-0.39, 0.29) is 5.56 Å². The van der Waals surface area contributed by atoms with Crippen molar-refractivity contribution in [3.05, 3.63) is 76.1 Å². The number of aryl methyl sites for hydroxylation is 2. The minimum atomic E-state index is -0.147. The highest BCUT2D eigenvalue weighted by atomic mass is 32.2. The predicted molar refractivity (Wildman–Crippen MR) is 102 cm³/mol. The van der Waals surface area contributed by atoms with E-state index in [9.17, 15) is 4.79 Å². The van der Waals surface area contributed by atoms with E-state index in [1.165, 1.54) is 29.0 Å². The molecule has 0 unspecified atom stereocenters. The molecule has 3 aromatic rings. The van der Waals surface area contributed by atoms with Crippen molar-refractivity contribution < 1.29 is 4.74 Å². The zero-order valence-corrected chi connectivity index (χ0v) is 15.1. The highest BCUT2D eigenvalue weighted by Crippen LogP contribution is 2.20. The Morgan fingerprint density at radius 3 is 2.48 bits per heavy atom. The third-order valence-electron chi connectivity index (χ3n) is 3.58. The summed E-state index contributed by atoms with van der Waals surface area (Å²) < 4.78 is 5.79. The summed E-state index contributed by atoms with van der Waals surface area (Å²) in [5.74, 6) is 1.58. The van der Waals surface area contributed by atoms with Crippen molar-refractivity contribution in [2.45, 2.75) is 19.0 Å². The number of hydrogen-bond donors (Lipinski definition) is 1. The maximum absolute atomic E-state index is 11.9. The number of rotatable bonds is 6. The second-order valence-electron chi connectivity index (χ2n) is 5.82. The average Bonchev–Trinajstić information content (AvgIpc) is 2.58. The third kappa shape index (κ3) is 4.97. The van der Waals surface area contributed by atoms with Crippen LogP contribution in [-0.4, -0.2) is 22.3 Å². The lowest BCUT2D eigenvalue weighted by molar-refractivity contribution is 0.343. The lowest BCUT2D eigenvalue weighted by atomic mass is 10.1. The van der Waals surface area contributed by atoms with Crippen LogP contribution < -0.4 is 10.3 Å². The first-order valence-corrected chi connectivity index (χ1v) is 9.09. The Balaban J connectivity index is 1.62. The Morgan fingerprint density at radius 1 is 1.04 bits per heavy atom. The Kier molecular flexibility index (Phi) is 5.56. The maximum atomic E-state index is 11.9. The lowest BCUT2D eigenvalue weighted by Gasteiger charge is -2.08. The van der Waals surface area contributed by atoms with Crippen molar-refractivity contribution in [3.63, 3.8) is 0 Å². The highest BCUT2D eigenvalue weighted by molar-refractivity contribution is 7.99. The average molecular weight is 352 g/mol. The first-order chi connectivity index (χ1) is 12.1.